The fraction of sp³-hybridized carbons (Fsp3) is 0.375. The predicted octanol–water partition coefficient (Wildman–Crippen LogP) is 3.19. The topological polar surface area (TPSA) is 66.9 Å². The molecule has 0 bridgehead atoms. The summed E-state index contributed by atoms with van der Waals surface area (Å²) in [6.07, 6.45) is 1.56. The van der Waals surface area contributed by atoms with E-state index in [4.69, 9.17) is 4.74 Å². The van der Waals surface area contributed by atoms with Crippen molar-refractivity contribution in [2.75, 3.05) is 24.6 Å². The van der Waals surface area contributed by atoms with E-state index in [-0.39, 0.29) is 23.7 Å². The summed E-state index contributed by atoms with van der Waals surface area (Å²) >= 11 is 0. The highest BCUT2D eigenvalue weighted by Gasteiger charge is 2.31. The molecule has 0 aromatic heterocycles. The van der Waals surface area contributed by atoms with E-state index in [0.717, 1.165) is 16.8 Å². The molecule has 6 nitrogen and oxygen atoms in total. The summed E-state index contributed by atoms with van der Waals surface area (Å²) in [6.45, 7) is 3.79. The molecule has 2 amide bonds. The van der Waals surface area contributed by atoms with Crippen LogP contribution in [0.4, 0.5) is 5.69 Å². The molecule has 156 valence electrons. The van der Waals surface area contributed by atoms with Gasteiger partial charge in [-0.05, 0) is 49.1 Å². The van der Waals surface area contributed by atoms with Crippen molar-refractivity contribution in [1.82, 2.24) is 4.90 Å². The van der Waals surface area contributed by atoms with Crippen LogP contribution >= 0.6 is 0 Å². The lowest BCUT2D eigenvalue weighted by molar-refractivity contribution is -0.149. The van der Waals surface area contributed by atoms with Crippen molar-refractivity contribution in [2.45, 2.75) is 32.7 Å². The molecule has 0 unspecified atom stereocenters. The number of carbonyl (C=O) groups excluding carboxylic acids is 3. The zero-order valence-corrected chi connectivity index (χ0v) is 17.2. The van der Waals surface area contributed by atoms with Gasteiger partial charge in [0.15, 0.2) is 0 Å². The third-order valence-electron chi connectivity index (χ3n) is 5.85. The number of anilines is 1. The van der Waals surface area contributed by atoms with Crippen LogP contribution in [-0.2, 0) is 27.3 Å². The molecule has 1 saturated heterocycles. The summed E-state index contributed by atoms with van der Waals surface area (Å²) in [5.41, 5.74) is 3.44. The zero-order chi connectivity index (χ0) is 21.1. The highest BCUT2D eigenvalue weighted by atomic mass is 16.5. The third-order valence-corrected chi connectivity index (χ3v) is 5.85. The van der Waals surface area contributed by atoms with Crippen molar-refractivity contribution in [3.05, 3.63) is 65.2 Å². The number of amides is 2. The average molecular weight is 406 g/mol. The number of esters is 1. The molecular formula is C24H26N2O4. The van der Waals surface area contributed by atoms with Gasteiger partial charge in [0.05, 0.1) is 25.5 Å². The first-order valence-electron chi connectivity index (χ1n) is 10.5. The van der Waals surface area contributed by atoms with E-state index in [1.807, 2.05) is 42.5 Å². The Kier molecular flexibility index (Phi) is 5.84. The molecule has 0 N–H and O–H groups in total. The van der Waals surface area contributed by atoms with E-state index in [1.54, 1.807) is 22.8 Å². The number of likely N-dealkylation sites (tertiary alicyclic amines) is 1. The van der Waals surface area contributed by atoms with E-state index in [2.05, 4.69) is 0 Å². The summed E-state index contributed by atoms with van der Waals surface area (Å²) in [6, 6.07) is 15.4. The Bertz CT molecular complexity index is 949. The van der Waals surface area contributed by atoms with E-state index in [9.17, 15) is 14.4 Å². The molecule has 6 heteroatoms. The molecule has 30 heavy (non-hydrogen) atoms. The molecule has 0 radical (unpaired) electrons. The number of carbonyl (C=O) groups is 3. The molecule has 0 aliphatic carbocycles. The van der Waals surface area contributed by atoms with Crippen LogP contribution in [0.3, 0.4) is 0 Å². The first kappa shape index (κ1) is 20.1. The van der Waals surface area contributed by atoms with E-state index >= 15 is 0 Å². The van der Waals surface area contributed by atoms with Gasteiger partial charge in [-0.1, -0.05) is 30.3 Å². The predicted molar refractivity (Wildman–Crippen MR) is 113 cm³/mol. The minimum Gasteiger partial charge on any atom is -0.466 e. The van der Waals surface area contributed by atoms with Crippen LogP contribution in [-0.4, -0.2) is 42.4 Å². The molecule has 2 aromatic carbocycles. The van der Waals surface area contributed by atoms with Crippen molar-refractivity contribution in [1.29, 1.82) is 0 Å². The maximum atomic E-state index is 13.0. The lowest BCUT2D eigenvalue weighted by Gasteiger charge is -2.31. The molecule has 2 heterocycles. The van der Waals surface area contributed by atoms with Crippen LogP contribution in [0.1, 0.15) is 41.3 Å². The molecule has 2 aromatic rings. The van der Waals surface area contributed by atoms with Gasteiger partial charge < -0.3 is 14.5 Å². The largest absolute Gasteiger partial charge is 0.466 e. The maximum Gasteiger partial charge on any atom is 0.309 e. The molecule has 4 rings (SSSR count). The van der Waals surface area contributed by atoms with Crippen molar-refractivity contribution < 1.29 is 19.1 Å². The van der Waals surface area contributed by atoms with Gasteiger partial charge in [0.1, 0.15) is 0 Å². The monoisotopic (exact) mass is 406 g/mol. The van der Waals surface area contributed by atoms with Crippen molar-refractivity contribution in [2.24, 2.45) is 5.92 Å². The molecule has 2 aliphatic heterocycles. The second-order valence-corrected chi connectivity index (χ2v) is 7.80. The fourth-order valence-corrected chi connectivity index (χ4v) is 4.22. The van der Waals surface area contributed by atoms with E-state index in [0.29, 0.717) is 51.1 Å². The van der Waals surface area contributed by atoms with Crippen LogP contribution in [0.25, 0.3) is 0 Å². The molecule has 0 spiro atoms. The molecular weight excluding hydrogens is 380 g/mol. The maximum absolute atomic E-state index is 13.0. The number of nitrogens with zero attached hydrogens (tertiary/aromatic N) is 2. The lowest BCUT2D eigenvalue weighted by Crippen LogP contribution is -2.40. The highest BCUT2D eigenvalue weighted by molar-refractivity contribution is 6.03. The van der Waals surface area contributed by atoms with Crippen molar-refractivity contribution in [3.63, 3.8) is 0 Å². The van der Waals surface area contributed by atoms with Gasteiger partial charge in [0.25, 0.3) is 5.91 Å². The second kappa shape index (κ2) is 8.69. The Morgan fingerprint density at radius 2 is 1.80 bits per heavy atom. The summed E-state index contributed by atoms with van der Waals surface area (Å²) in [5, 5.41) is 0. The van der Waals surface area contributed by atoms with Gasteiger partial charge in [-0.3, -0.25) is 14.4 Å². The fourth-order valence-electron chi connectivity index (χ4n) is 4.22. The Morgan fingerprint density at radius 1 is 1.07 bits per heavy atom. The number of ether oxygens (including phenoxy) is 1. The highest BCUT2D eigenvalue weighted by Crippen LogP contribution is 2.32. The van der Waals surface area contributed by atoms with Gasteiger partial charge >= 0.3 is 5.97 Å². The molecule has 0 atom stereocenters. The number of benzene rings is 2. The number of rotatable bonds is 5. The van der Waals surface area contributed by atoms with Crippen LogP contribution in [0.15, 0.2) is 48.5 Å². The van der Waals surface area contributed by atoms with Crippen molar-refractivity contribution in [3.8, 4) is 0 Å². The lowest BCUT2D eigenvalue weighted by atomic mass is 9.96. The first-order valence-corrected chi connectivity index (χ1v) is 10.5. The number of hydrogen-bond donors (Lipinski definition) is 0. The van der Waals surface area contributed by atoms with E-state index in [1.165, 1.54) is 0 Å². The second-order valence-electron chi connectivity index (χ2n) is 7.80. The normalized spacial score (nSPS) is 16.5. The molecule has 2 aliphatic rings. The Hall–Kier alpha value is -3.15. The minimum atomic E-state index is -0.167. The smallest absolute Gasteiger partial charge is 0.309 e. The number of piperidine rings is 1. The zero-order valence-electron chi connectivity index (χ0n) is 17.2. The van der Waals surface area contributed by atoms with Crippen LogP contribution < -0.4 is 4.90 Å². The standard InChI is InChI=1S/C24H26N2O4/c1-2-30-24(29)18-10-12-25(13-11-18)23(28)19-8-9-21-20(14-19)15-22(27)26(21)16-17-6-4-3-5-7-17/h3-9,14,18H,2,10-13,15-16H2,1H3. The Labute approximate surface area is 176 Å². The third kappa shape index (κ3) is 4.08. The number of hydrogen-bond acceptors (Lipinski definition) is 4. The van der Waals surface area contributed by atoms with Gasteiger partial charge in [0, 0.05) is 24.3 Å². The average Bonchev–Trinajstić information content (AvgIpc) is 3.08. The summed E-state index contributed by atoms with van der Waals surface area (Å²) in [4.78, 5) is 41.0. The minimum absolute atomic E-state index is 0.0472. The quantitative estimate of drug-likeness (QED) is 0.716. The Balaban J connectivity index is 1.43. The number of fused-ring (bicyclic) bond motifs is 1. The first-order chi connectivity index (χ1) is 14.6. The van der Waals surface area contributed by atoms with Crippen LogP contribution in [0, 0.1) is 5.92 Å². The van der Waals surface area contributed by atoms with Gasteiger partial charge in [-0.2, -0.15) is 0 Å². The molecule has 1 fully saturated rings. The Morgan fingerprint density at radius 3 is 2.50 bits per heavy atom. The van der Waals surface area contributed by atoms with E-state index < -0.39 is 0 Å². The summed E-state index contributed by atoms with van der Waals surface area (Å²) < 4.78 is 5.10. The van der Waals surface area contributed by atoms with Crippen LogP contribution in [0.2, 0.25) is 0 Å². The van der Waals surface area contributed by atoms with Gasteiger partial charge in [-0.15, -0.1) is 0 Å². The summed E-state index contributed by atoms with van der Waals surface area (Å²) in [7, 11) is 0. The SMILES string of the molecule is CCOC(=O)C1CCN(C(=O)c2ccc3c(c2)CC(=O)N3Cc2ccccc2)CC1. The summed E-state index contributed by atoms with van der Waals surface area (Å²) in [5.74, 6) is -0.292. The van der Waals surface area contributed by atoms with Gasteiger partial charge in [0.2, 0.25) is 5.91 Å². The molecule has 0 saturated carbocycles. The van der Waals surface area contributed by atoms with Crippen molar-refractivity contribution >= 4 is 23.5 Å². The van der Waals surface area contributed by atoms with Gasteiger partial charge in [-0.25, -0.2) is 0 Å². The van der Waals surface area contributed by atoms with Crippen LogP contribution in [0.5, 0.6) is 0 Å².